The summed E-state index contributed by atoms with van der Waals surface area (Å²) in [6.45, 7) is 0. The molecular weight excluding hydrogens is 221 g/mol. The summed E-state index contributed by atoms with van der Waals surface area (Å²) in [5, 5.41) is 0. The van der Waals surface area contributed by atoms with Crippen LogP contribution in [0.2, 0.25) is 0 Å². The number of ether oxygens (including phenoxy) is 1. The van der Waals surface area contributed by atoms with E-state index in [2.05, 4.69) is 4.98 Å². The lowest BCUT2D eigenvalue weighted by molar-refractivity contribution is 0.103. The standard InChI is InChI=1S/C13H10FNO2/c1-17-13-11(3-2-8-15-13)12(16)9-4-6-10(14)7-5-9/h2-8H,1H3. The zero-order valence-electron chi connectivity index (χ0n) is 9.18. The summed E-state index contributed by atoms with van der Waals surface area (Å²) in [7, 11) is 1.45. The second-order valence-corrected chi connectivity index (χ2v) is 3.40. The van der Waals surface area contributed by atoms with E-state index in [4.69, 9.17) is 4.74 Å². The van der Waals surface area contributed by atoms with Gasteiger partial charge >= 0.3 is 0 Å². The minimum absolute atomic E-state index is 0.241. The van der Waals surface area contributed by atoms with Gasteiger partial charge in [-0.3, -0.25) is 4.79 Å². The molecular formula is C13H10FNO2. The third-order valence-corrected chi connectivity index (χ3v) is 2.32. The first-order chi connectivity index (χ1) is 8.22. The van der Waals surface area contributed by atoms with Crippen molar-refractivity contribution >= 4 is 5.78 Å². The highest BCUT2D eigenvalue weighted by atomic mass is 19.1. The van der Waals surface area contributed by atoms with E-state index in [0.717, 1.165) is 0 Å². The Kier molecular flexibility index (Phi) is 3.14. The number of hydrogen-bond donors (Lipinski definition) is 0. The summed E-state index contributed by atoms with van der Waals surface area (Å²) >= 11 is 0. The van der Waals surface area contributed by atoms with Crippen molar-refractivity contribution in [2.24, 2.45) is 0 Å². The lowest BCUT2D eigenvalue weighted by atomic mass is 10.0. The van der Waals surface area contributed by atoms with Gasteiger partial charge in [0, 0.05) is 11.8 Å². The Hall–Kier alpha value is -2.23. The Balaban J connectivity index is 2.40. The normalized spacial score (nSPS) is 10.0. The van der Waals surface area contributed by atoms with Gasteiger partial charge in [-0.15, -0.1) is 0 Å². The molecule has 1 aromatic heterocycles. The lowest BCUT2D eigenvalue weighted by Gasteiger charge is -2.05. The molecule has 0 aliphatic carbocycles. The maximum absolute atomic E-state index is 12.7. The molecule has 0 atom stereocenters. The van der Waals surface area contributed by atoms with Gasteiger partial charge in [0.2, 0.25) is 5.88 Å². The van der Waals surface area contributed by atoms with Crippen LogP contribution in [0.4, 0.5) is 4.39 Å². The van der Waals surface area contributed by atoms with Crippen molar-refractivity contribution in [3.05, 3.63) is 59.5 Å². The first kappa shape index (κ1) is 11.3. The largest absolute Gasteiger partial charge is 0.480 e. The molecule has 3 nitrogen and oxygen atoms in total. The zero-order chi connectivity index (χ0) is 12.3. The van der Waals surface area contributed by atoms with Crippen LogP contribution in [-0.2, 0) is 0 Å². The number of nitrogens with zero attached hydrogens (tertiary/aromatic N) is 1. The van der Waals surface area contributed by atoms with Crippen molar-refractivity contribution in [2.75, 3.05) is 7.11 Å². The molecule has 0 radical (unpaired) electrons. The van der Waals surface area contributed by atoms with Gasteiger partial charge < -0.3 is 4.74 Å². The van der Waals surface area contributed by atoms with E-state index in [0.29, 0.717) is 11.1 Å². The summed E-state index contributed by atoms with van der Waals surface area (Å²) in [5.74, 6) is -0.350. The Morgan fingerprint density at radius 2 is 1.94 bits per heavy atom. The molecule has 0 bridgehead atoms. The molecule has 17 heavy (non-hydrogen) atoms. The molecule has 0 unspecified atom stereocenters. The molecule has 0 amide bonds. The molecule has 4 heteroatoms. The van der Waals surface area contributed by atoms with Crippen LogP contribution in [0.25, 0.3) is 0 Å². The first-order valence-electron chi connectivity index (χ1n) is 5.01. The predicted octanol–water partition coefficient (Wildman–Crippen LogP) is 2.46. The number of pyridine rings is 1. The molecule has 0 N–H and O–H groups in total. The maximum Gasteiger partial charge on any atom is 0.224 e. The van der Waals surface area contributed by atoms with E-state index < -0.39 is 0 Å². The smallest absolute Gasteiger partial charge is 0.224 e. The fourth-order valence-corrected chi connectivity index (χ4v) is 1.48. The molecule has 2 rings (SSSR count). The third-order valence-electron chi connectivity index (χ3n) is 2.32. The van der Waals surface area contributed by atoms with Gasteiger partial charge in [0.1, 0.15) is 5.82 Å². The van der Waals surface area contributed by atoms with Crippen LogP contribution in [0.5, 0.6) is 5.88 Å². The van der Waals surface area contributed by atoms with Crippen LogP contribution in [0.3, 0.4) is 0 Å². The van der Waals surface area contributed by atoms with Crippen molar-refractivity contribution in [1.82, 2.24) is 4.98 Å². The summed E-state index contributed by atoms with van der Waals surface area (Å²) in [6.07, 6.45) is 1.54. The van der Waals surface area contributed by atoms with Gasteiger partial charge in [0.05, 0.1) is 12.7 Å². The molecule has 0 aliphatic rings. The second-order valence-electron chi connectivity index (χ2n) is 3.40. The molecule has 0 aliphatic heterocycles. The van der Waals surface area contributed by atoms with Crippen molar-refractivity contribution in [3.8, 4) is 5.88 Å². The van der Waals surface area contributed by atoms with E-state index in [1.54, 1.807) is 18.3 Å². The van der Waals surface area contributed by atoms with Crippen LogP contribution in [0.1, 0.15) is 15.9 Å². The van der Waals surface area contributed by atoms with E-state index in [-0.39, 0.29) is 17.5 Å². The van der Waals surface area contributed by atoms with Crippen molar-refractivity contribution in [1.29, 1.82) is 0 Å². The maximum atomic E-state index is 12.7. The highest BCUT2D eigenvalue weighted by molar-refractivity contribution is 6.10. The molecule has 0 spiro atoms. The average molecular weight is 231 g/mol. The van der Waals surface area contributed by atoms with Crippen molar-refractivity contribution < 1.29 is 13.9 Å². The summed E-state index contributed by atoms with van der Waals surface area (Å²) < 4.78 is 17.8. The highest BCUT2D eigenvalue weighted by Gasteiger charge is 2.14. The van der Waals surface area contributed by atoms with E-state index >= 15 is 0 Å². The number of halogens is 1. The first-order valence-corrected chi connectivity index (χ1v) is 5.01. The highest BCUT2D eigenvalue weighted by Crippen LogP contribution is 2.18. The van der Waals surface area contributed by atoms with Crippen molar-refractivity contribution in [2.45, 2.75) is 0 Å². The molecule has 1 heterocycles. The second kappa shape index (κ2) is 4.74. The van der Waals surface area contributed by atoms with Crippen LogP contribution in [0.15, 0.2) is 42.6 Å². The number of benzene rings is 1. The number of carbonyl (C=O) groups is 1. The fourth-order valence-electron chi connectivity index (χ4n) is 1.48. The number of hydrogen-bond acceptors (Lipinski definition) is 3. The molecule has 1 aromatic carbocycles. The van der Waals surface area contributed by atoms with E-state index in [1.165, 1.54) is 31.4 Å². The number of aromatic nitrogens is 1. The van der Waals surface area contributed by atoms with Gasteiger partial charge in [0.15, 0.2) is 5.78 Å². The predicted molar refractivity (Wildman–Crippen MR) is 60.6 cm³/mol. The van der Waals surface area contributed by atoms with E-state index in [9.17, 15) is 9.18 Å². The fraction of sp³-hybridized carbons (Fsp3) is 0.0769. The van der Waals surface area contributed by atoms with Gasteiger partial charge in [0.25, 0.3) is 0 Å². The minimum Gasteiger partial charge on any atom is -0.480 e. The summed E-state index contributed by atoms with van der Waals surface area (Å²) in [6, 6.07) is 8.64. The van der Waals surface area contributed by atoms with Crippen LogP contribution < -0.4 is 4.74 Å². The molecule has 86 valence electrons. The lowest BCUT2D eigenvalue weighted by Crippen LogP contribution is -2.05. The quantitative estimate of drug-likeness (QED) is 0.762. The Labute approximate surface area is 97.9 Å². The molecule has 0 fully saturated rings. The Morgan fingerprint density at radius 3 is 2.59 bits per heavy atom. The number of rotatable bonds is 3. The van der Waals surface area contributed by atoms with Crippen LogP contribution in [0, 0.1) is 5.82 Å². The minimum atomic E-state index is -0.375. The van der Waals surface area contributed by atoms with E-state index in [1.807, 2.05) is 0 Å². The number of methoxy groups -OCH3 is 1. The van der Waals surface area contributed by atoms with Gasteiger partial charge in [-0.25, -0.2) is 9.37 Å². The molecule has 0 saturated heterocycles. The summed E-state index contributed by atoms with van der Waals surface area (Å²) in [5.41, 5.74) is 0.763. The topological polar surface area (TPSA) is 39.2 Å². The number of ketones is 1. The average Bonchev–Trinajstić information content (AvgIpc) is 2.39. The van der Waals surface area contributed by atoms with Gasteiger partial charge in [-0.05, 0) is 36.4 Å². The number of carbonyl (C=O) groups excluding carboxylic acids is 1. The zero-order valence-corrected chi connectivity index (χ0v) is 9.18. The molecule has 2 aromatic rings. The Bertz CT molecular complexity index is 537. The van der Waals surface area contributed by atoms with Crippen LogP contribution >= 0.6 is 0 Å². The monoisotopic (exact) mass is 231 g/mol. The van der Waals surface area contributed by atoms with Gasteiger partial charge in [-0.1, -0.05) is 0 Å². The Morgan fingerprint density at radius 1 is 1.24 bits per heavy atom. The van der Waals surface area contributed by atoms with Gasteiger partial charge in [-0.2, -0.15) is 0 Å². The van der Waals surface area contributed by atoms with Crippen molar-refractivity contribution in [3.63, 3.8) is 0 Å². The summed E-state index contributed by atoms with van der Waals surface area (Å²) in [4.78, 5) is 16.0. The SMILES string of the molecule is COc1ncccc1C(=O)c1ccc(F)cc1. The molecule has 0 saturated carbocycles. The van der Waals surface area contributed by atoms with Crippen LogP contribution in [-0.4, -0.2) is 17.9 Å². The third kappa shape index (κ3) is 2.30.